The van der Waals surface area contributed by atoms with E-state index in [9.17, 15) is 9.18 Å². The van der Waals surface area contributed by atoms with Crippen molar-refractivity contribution in [3.8, 4) is 0 Å². The number of carbonyl (C=O) groups is 1. The molecule has 7 heteroatoms. The second-order valence-corrected chi connectivity index (χ2v) is 7.63. The van der Waals surface area contributed by atoms with Gasteiger partial charge in [-0.2, -0.15) is 0 Å². The zero-order chi connectivity index (χ0) is 19.0. The van der Waals surface area contributed by atoms with E-state index in [0.29, 0.717) is 35.2 Å². The summed E-state index contributed by atoms with van der Waals surface area (Å²) in [6, 6.07) is 10.5. The van der Waals surface area contributed by atoms with Crippen molar-refractivity contribution in [3.63, 3.8) is 0 Å². The molecule has 0 atom stereocenters. The number of H-pyrrole nitrogens is 1. The summed E-state index contributed by atoms with van der Waals surface area (Å²) < 4.78 is 14.1. The highest BCUT2D eigenvalue weighted by atomic mass is 35.5. The molecule has 140 valence electrons. The van der Waals surface area contributed by atoms with E-state index in [1.165, 1.54) is 6.07 Å². The first-order valence-corrected chi connectivity index (χ1v) is 9.47. The lowest BCUT2D eigenvalue weighted by Crippen LogP contribution is -2.39. The minimum Gasteiger partial charge on any atom is -0.355 e. The van der Waals surface area contributed by atoms with Crippen LogP contribution in [0, 0.1) is 5.82 Å². The van der Waals surface area contributed by atoms with E-state index in [1.807, 2.05) is 23.1 Å². The van der Waals surface area contributed by atoms with Crippen LogP contribution in [0.1, 0.15) is 16.8 Å². The normalized spacial score (nSPS) is 14.3. The largest absolute Gasteiger partial charge is 0.355 e. The lowest BCUT2D eigenvalue weighted by Gasteiger charge is -2.26. The fraction of sp³-hybridized carbons (Fsp3) is 0.250. The van der Waals surface area contributed by atoms with Crippen LogP contribution in [0.2, 0.25) is 10.0 Å². The van der Waals surface area contributed by atoms with E-state index in [1.54, 1.807) is 12.1 Å². The molecule has 1 aromatic heterocycles. The molecular weight excluding hydrogens is 388 g/mol. The summed E-state index contributed by atoms with van der Waals surface area (Å²) in [5.41, 5.74) is 3.47. The van der Waals surface area contributed by atoms with Gasteiger partial charge in [0.05, 0.1) is 12.1 Å². The molecule has 1 amide bonds. The van der Waals surface area contributed by atoms with E-state index >= 15 is 0 Å². The highest BCUT2D eigenvalue weighted by Crippen LogP contribution is 2.31. The van der Waals surface area contributed by atoms with Crippen molar-refractivity contribution in [2.75, 3.05) is 13.1 Å². The van der Waals surface area contributed by atoms with Crippen molar-refractivity contribution < 1.29 is 9.18 Å². The number of aromatic nitrogens is 1. The van der Waals surface area contributed by atoms with Crippen LogP contribution in [0.3, 0.4) is 0 Å². The molecule has 4 rings (SSSR count). The van der Waals surface area contributed by atoms with Gasteiger partial charge in [0.2, 0.25) is 5.91 Å². The molecule has 0 radical (unpaired) electrons. The number of nitrogens with one attached hydrogen (secondary N) is 2. The minimum absolute atomic E-state index is 0.0521. The molecule has 0 unspecified atom stereocenters. The van der Waals surface area contributed by atoms with Gasteiger partial charge in [-0.1, -0.05) is 35.3 Å². The molecule has 2 heterocycles. The number of benzene rings is 2. The molecule has 27 heavy (non-hydrogen) atoms. The summed E-state index contributed by atoms with van der Waals surface area (Å²) in [7, 11) is 0. The van der Waals surface area contributed by atoms with E-state index in [-0.39, 0.29) is 11.7 Å². The summed E-state index contributed by atoms with van der Waals surface area (Å²) in [5, 5.41) is 4.79. The third-order valence-electron chi connectivity index (χ3n) is 4.83. The van der Waals surface area contributed by atoms with Crippen LogP contribution in [0.15, 0.2) is 36.4 Å². The van der Waals surface area contributed by atoms with Crippen LogP contribution < -0.4 is 5.32 Å². The summed E-state index contributed by atoms with van der Waals surface area (Å²) >= 11 is 11.9. The maximum absolute atomic E-state index is 14.1. The number of amides is 1. The van der Waals surface area contributed by atoms with Gasteiger partial charge in [0.25, 0.3) is 0 Å². The van der Waals surface area contributed by atoms with E-state index in [0.717, 1.165) is 35.2 Å². The monoisotopic (exact) mass is 405 g/mol. The topological polar surface area (TPSA) is 48.1 Å². The maximum atomic E-state index is 14.1. The Hall–Kier alpha value is -2.08. The van der Waals surface area contributed by atoms with Crippen LogP contribution in [0.5, 0.6) is 0 Å². The molecule has 0 saturated carbocycles. The molecule has 2 N–H and O–H groups in total. The fourth-order valence-corrected chi connectivity index (χ4v) is 3.98. The van der Waals surface area contributed by atoms with Crippen LogP contribution in [0.25, 0.3) is 10.9 Å². The van der Waals surface area contributed by atoms with Gasteiger partial charge in [-0.15, -0.1) is 0 Å². The van der Waals surface area contributed by atoms with E-state index in [4.69, 9.17) is 23.2 Å². The molecule has 0 bridgehead atoms. The molecule has 0 aliphatic carbocycles. The Morgan fingerprint density at radius 2 is 2.07 bits per heavy atom. The predicted octanol–water partition coefficient (Wildman–Crippen LogP) is 4.29. The van der Waals surface area contributed by atoms with E-state index < -0.39 is 0 Å². The van der Waals surface area contributed by atoms with E-state index in [2.05, 4.69) is 10.3 Å². The van der Waals surface area contributed by atoms with Crippen LogP contribution in [-0.4, -0.2) is 28.9 Å². The quantitative estimate of drug-likeness (QED) is 0.679. The van der Waals surface area contributed by atoms with Gasteiger partial charge in [0.1, 0.15) is 5.82 Å². The number of hydrogen-bond acceptors (Lipinski definition) is 2. The minimum atomic E-state index is -0.349. The molecule has 0 fully saturated rings. The Balaban J connectivity index is 1.41. The third-order valence-corrected chi connectivity index (χ3v) is 5.28. The Morgan fingerprint density at radius 1 is 1.22 bits per heavy atom. The number of aromatic amines is 1. The van der Waals surface area contributed by atoms with Gasteiger partial charge in [-0.05, 0) is 41.8 Å². The van der Waals surface area contributed by atoms with Gasteiger partial charge in [0, 0.05) is 40.8 Å². The van der Waals surface area contributed by atoms with Gasteiger partial charge in [-0.25, -0.2) is 4.39 Å². The lowest BCUT2D eigenvalue weighted by molar-refractivity contribution is -0.122. The predicted molar refractivity (Wildman–Crippen MR) is 106 cm³/mol. The first kappa shape index (κ1) is 18.3. The first-order chi connectivity index (χ1) is 13.0. The number of rotatable bonds is 4. The Labute approximate surface area is 166 Å². The molecule has 4 nitrogen and oxygen atoms in total. The van der Waals surface area contributed by atoms with Crippen molar-refractivity contribution in [1.29, 1.82) is 0 Å². The SMILES string of the molecule is O=C(CN1CCc2c([nH]c3c(F)cc(Cl)cc23)C1)NCc1cccc(Cl)c1. The van der Waals surface area contributed by atoms with Gasteiger partial charge < -0.3 is 10.3 Å². The number of carbonyl (C=O) groups excluding carboxylic acids is 1. The molecule has 1 aliphatic rings. The molecule has 1 aliphatic heterocycles. The first-order valence-electron chi connectivity index (χ1n) is 8.71. The molecule has 2 aromatic carbocycles. The number of halogens is 3. The summed E-state index contributed by atoms with van der Waals surface area (Å²) in [4.78, 5) is 17.5. The van der Waals surface area contributed by atoms with Crippen LogP contribution in [-0.2, 0) is 24.3 Å². The van der Waals surface area contributed by atoms with Gasteiger partial charge >= 0.3 is 0 Å². The Kier molecular flexibility index (Phi) is 5.08. The second-order valence-electron chi connectivity index (χ2n) is 6.76. The summed E-state index contributed by atoms with van der Waals surface area (Å²) in [6.45, 7) is 2.04. The third kappa shape index (κ3) is 3.95. The molecule has 0 saturated heterocycles. The summed E-state index contributed by atoms with van der Waals surface area (Å²) in [6.07, 6.45) is 0.747. The second kappa shape index (κ2) is 7.50. The van der Waals surface area contributed by atoms with Crippen molar-refractivity contribution in [3.05, 3.63) is 69.1 Å². The smallest absolute Gasteiger partial charge is 0.234 e. The lowest BCUT2D eigenvalue weighted by atomic mass is 10.0. The standard InChI is InChI=1S/C20H18Cl2FN3O/c21-13-3-1-2-12(6-13)9-24-19(27)11-26-5-4-15-16-7-14(22)8-17(23)20(16)25-18(15)10-26/h1-3,6-8,25H,4-5,9-11H2,(H,24,27). The van der Waals surface area contributed by atoms with Crippen LogP contribution >= 0.6 is 23.2 Å². The number of hydrogen-bond donors (Lipinski definition) is 2. The van der Waals surface area contributed by atoms with Crippen molar-refractivity contribution >= 4 is 40.0 Å². The zero-order valence-corrected chi connectivity index (χ0v) is 16.0. The summed E-state index contributed by atoms with van der Waals surface area (Å²) in [5.74, 6) is -0.401. The van der Waals surface area contributed by atoms with Crippen molar-refractivity contribution in [1.82, 2.24) is 15.2 Å². The highest BCUT2D eigenvalue weighted by molar-refractivity contribution is 6.31. The number of nitrogens with zero attached hydrogens (tertiary/aromatic N) is 1. The van der Waals surface area contributed by atoms with Crippen LogP contribution in [0.4, 0.5) is 4.39 Å². The van der Waals surface area contributed by atoms with Crippen molar-refractivity contribution in [2.24, 2.45) is 0 Å². The van der Waals surface area contributed by atoms with Gasteiger partial charge in [0.15, 0.2) is 0 Å². The maximum Gasteiger partial charge on any atom is 0.234 e. The van der Waals surface area contributed by atoms with Crippen molar-refractivity contribution in [2.45, 2.75) is 19.5 Å². The van der Waals surface area contributed by atoms with Gasteiger partial charge in [-0.3, -0.25) is 9.69 Å². The Bertz CT molecular complexity index is 1020. The molecule has 3 aromatic rings. The molecule has 0 spiro atoms. The average Bonchev–Trinajstić information content (AvgIpc) is 2.98. The average molecular weight is 406 g/mol. The zero-order valence-electron chi connectivity index (χ0n) is 14.5. The Morgan fingerprint density at radius 3 is 2.89 bits per heavy atom. The number of fused-ring (bicyclic) bond motifs is 3. The fourth-order valence-electron chi connectivity index (χ4n) is 3.56. The molecular formula is C20H18Cl2FN3O. The highest BCUT2D eigenvalue weighted by Gasteiger charge is 2.23.